The van der Waals surface area contributed by atoms with E-state index in [0.29, 0.717) is 5.30 Å². The number of aromatic nitrogens is 2. The van der Waals surface area contributed by atoms with Crippen LogP contribution >= 0.6 is 7.37 Å². The Morgan fingerprint density at radius 2 is 1.69 bits per heavy atom. The van der Waals surface area contributed by atoms with Crippen LogP contribution < -0.4 is 10.9 Å². The van der Waals surface area contributed by atoms with Crippen LogP contribution in [0.1, 0.15) is 0 Å². The molecule has 0 aliphatic carbocycles. The lowest BCUT2D eigenvalue weighted by Gasteiger charge is -2.14. The molecule has 0 aliphatic heterocycles. The third-order valence-electron chi connectivity index (χ3n) is 2.17. The molecule has 1 aromatic carbocycles. The van der Waals surface area contributed by atoms with E-state index in [4.69, 9.17) is 4.52 Å². The summed E-state index contributed by atoms with van der Waals surface area (Å²) in [4.78, 5) is 8.00. The SMILES string of the molecule is CO[P@@](=O)(c1ccccc1)c1ncccn1. The summed E-state index contributed by atoms with van der Waals surface area (Å²) in [7, 11) is -1.72. The van der Waals surface area contributed by atoms with Gasteiger partial charge < -0.3 is 4.52 Å². The first kappa shape index (κ1) is 11.0. The summed E-state index contributed by atoms with van der Waals surface area (Å²) in [6.07, 6.45) is 3.11. The third-order valence-corrected chi connectivity index (χ3v) is 4.42. The van der Waals surface area contributed by atoms with Gasteiger partial charge in [0.2, 0.25) is 5.57 Å². The third kappa shape index (κ3) is 1.90. The molecule has 1 heterocycles. The van der Waals surface area contributed by atoms with Gasteiger partial charge in [-0.1, -0.05) is 18.2 Å². The van der Waals surface area contributed by atoms with E-state index in [2.05, 4.69) is 9.97 Å². The highest BCUT2D eigenvalue weighted by atomic mass is 31.2. The van der Waals surface area contributed by atoms with Crippen molar-refractivity contribution < 1.29 is 9.09 Å². The van der Waals surface area contributed by atoms with E-state index in [-0.39, 0.29) is 5.57 Å². The average molecular weight is 234 g/mol. The van der Waals surface area contributed by atoms with Crippen LogP contribution in [0.2, 0.25) is 0 Å². The number of benzene rings is 1. The Morgan fingerprint density at radius 3 is 2.25 bits per heavy atom. The summed E-state index contributed by atoms with van der Waals surface area (Å²) >= 11 is 0. The van der Waals surface area contributed by atoms with Gasteiger partial charge in [0.05, 0.1) is 0 Å². The van der Waals surface area contributed by atoms with Crippen molar-refractivity contribution in [2.24, 2.45) is 0 Å². The fraction of sp³-hybridized carbons (Fsp3) is 0.0909. The van der Waals surface area contributed by atoms with Gasteiger partial charge >= 0.3 is 0 Å². The molecule has 0 N–H and O–H groups in total. The highest BCUT2D eigenvalue weighted by molar-refractivity contribution is 7.73. The van der Waals surface area contributed by atoms with Crippen LogP contribution in [0.25, 0.3) is 0 Å². The van der Waals surface area contributed by atoms with E-state index in [0.717, 1.165) is 0 Å². The highest BCUT2D eigenvalue weighted by Gasteiger charge is 2.29. The molecule has 0 fully saturated rings. The molecule has 0 spiro atoms. The maximum Gasteiger partial charge on any atom is 0.297 e. The molecule has 2 rings (SSSR count). The fourth-order valence-corrected chi connectivity index (χ4v) is 2.98. The number of nitrogens with zero attached hydrogens (tertiary/aromatic N) is 2. The highest BCUT2D eigenvalue weighted by Crippen LogP contribution is 2.41. The second-order valence-corrected chi connectivity index (χ2v) is 5.50. The van der Waals surface area contributed by atoms with Gasteiger partial charge in [-0.2, -0.15) is 0 Å². The van der Waals surface area contributed by atoms with Gasteiger partial charge in [-0.05, 0) is 18.2 Å². The summed E-state index contributed by atoms with van der Waals surface area (Å²) in [6, 6.07) is 10.7. The number of rotatable bonds is 3. The minimum atomic E-state index is -3.13. The number of hydrogen-bond acceptors (Lipinski definition) is 4. The molecule has 5 heteroatoms. The molecule has 0 saturated heterocycles. The first-order valence-electron chi connectivity index (χ1n) is 4.76. The molecule has 0 saturated carbocycles. The standard InChI is InChI=1S/C11H11N2O2P/c1-15-16(14,10-6-3-2-4-7-10)11-12-8-5-9-13-11/h2-9H,1H3/t16-/m0/s1. The van der Waals surface area contributed by atoms with Gasteiger partial charge in [-0.25, -0.2) is 9.97 Å². The van der Waals surface area contributed by atoms with E-state index >= 15 is 0 Å². The molecule has 0 bridgehead atoms. The predicted molar refractivity (Wildman–Crippen MR) is 62.4 cm³/mol. The van der Waals surface area contributed by atoms with Gasteiger partial charge in [0, 0.05) is 24.8 Å². The Bertz CT molecular complexity index is 458. The zero-order chi connectivity index (χ0) is 11.4. The van der Waals surface area contributed by atoms with Crippen LogP contribution in [-0.2, 0) is 9.09 Å². The van der Waals surface area contributed by atoms with Crippen LogP contribution in [0.4, 0.5) is 0 Å². The summed E-state index contributed by atoms with van der Waals surface area (Å²) in [5, 5.41) is 0.601. The molecule has 16 heavy (non-hydrogen) atoms. The Balaban J connectivity index is 2.54. The van der Waals surface area contributed by atoms with E-state index in [1.807, 2.05) is 18.2 Å². The lowest BCUT2D eigenvalue weighted by atomic mass is 10.4. The van der Waals surface area contributed by atoms with E-state index < -0.39 is 7.37 Å². The fourth-order valence-electron chi connectivity index (χ4n) is 1.37. The molecular formula is C11H11N2O2P. The summed E-state index contributed by atoms with van der Waals surface area (Å²) in [5.74, 6) is 0. The zero-order valence-electron chi connectivity index (χ0n) is 8.78. The van der Waals surface area contributed by atoms with Gasteiger partial charge in [0.1, 0.15) is 0 Å². The lowest BCUT2D eigenvalue weighted by molar-refractivity contribution is 0.410. The summed E-state index contributed by atoms with van der Waals surface area (Å²) < 4.78 is 17.8. The quantitative estimate of drug-likeness (QED) is 0.752. The van der Waals surface area contributed by atoms with Crippen LogP contribution in [0.3, 0.4) is 0 Å². The average Bonchev–Trinajstić information content (AvgIpc) is 2.40. The molecule has 2 aromatic rings. The van der Waals surface area contributed by atoms with Crippen LogP contribution in [0, 0.1) is 0 Å². The molecule has 4 nitrogen and oxygen atoms in total. The lowest BCUT2D eigenvalue weighted by Crippen LogP contribution is -2.22. The normalized spacial score (nSPS) is 14.3. The molecular weight excluding hydrogens is 223 g/mol. The first-order chi connectivity index (χ1) is 7.77. The minimum Gasteiger partial charge on any atom is -0.323 e. The largest absolute Gasteiger partial charge is 0.323 e. The van der Waals surface area contributed by atoms with Crippen molar-refractivity contribution in [3.05, 3.63) is 48.8 Å². The second kappa shape index (κ2) is 4.56. The van der Waals surface area contributed by atoms with E-state index in [1.54, 1.807) is 30.6 Å². The maximum absolute atomic E-state index is 12.6. The molecule has 0 radical (unpaired) electrons. The maximum atomic E-state index is 12.6. The van der Waals surface area contributed by atoms with Gasteiger partial charge in [0.25, 0.3) is 7.37 Å². The second-order valence-electron chi connectivity index (χ2n) is 3.12. The van der Waals surface area contributed by atoms with Crippen molar-refractivity contribution in [1.82, 2.24) is 9.97 Å². The monoisotopic (exact) mass is 234 g/mol. The molecule has 82 valence electrons. The van der Waals surface area contributed by atoms with Crippen molar-refractivity contribution >= 4 is 18.2 Å². The molecule has 0 amide bonds. The molecule has 1 aromatic heterocycles. The zero-order valence-corrected chi connectivity index (χ0v) is 9.67. The minimum absolute atomic E-state index is 0.226. The van der Waals surface area contributed by atoms with Crippen molar-refractivity contribution in [3.63, 3.8) is 0 Å². The van der Waals surface area contributed by atoms with Crippen molar-refractivity contribution in [1.29, 1.82) is 0 Å². The Hall–Kier alpha value is -1.51. The van der Waals surface area contributed by atoms with Gasteiger partial charge in [-0.3, -0.25) is 4.57 Å². The Labute approximate surface area is 93.8 Å². The number of hydrogen-bond donors (Lipinski definition) is 0. The van der Waals surface area contributed by atoms with Crippen LogP contribution in [-0.4, -0.2) is 17.1 Å². The van der Waals surface area contributed by atoms with Gasteiger partial charge in [-0.15, -0.1) is 0 Å². The van der Waals surface area contributed by atoms with Crippen molar-refractivity contribution in [2.75, 3.05) is 7.11 Å². The molecule has 0 aliphatic rings. The summed E-state index contributed by atoms with van der Waals surface area (Å²) in [6.45, 7) is 0. The van der Waals surface area contributed by atoms with Crippen molar-refractivity contribution in [3.8, 4) is 0 Å². The summed E-state index contributed by atoms with van der Waals surface area (Å²) in [5.41, 5.74) is 0.226. The smallest absolute Gasteiger partial charge is 0.297 e. The van der Waals surface area contributed by atoms with Crippen LogP contribution in [0.15, 0.2) is 48.8 Å². The van der Waals surface area contributed by atoms with E-state index in [1.165, 1.54) is 7.11 Å². The first-order valence-corrected chi connectivity index (χ1v) is 6.39. The van der Waals surface area contributed by atoms with Crippen molar-refractivity contribution in [2.45, 2.75) is 0 Å². The van der Waals surface area contributed by atoms with E-state index in [9.17, 15) is 4.57 Å². The molecule has 1 atom stereocenters. The Kier molecular flexibility index (Phi) is 3.13. The van der Waals surface area contributed by atoms with Gasteiger partial charge in [0.15, 0.2) is 0 Å². The van der Waals surface area contributed by atoms with Crippen LogP contribution in [0.5, 0.6) is 0 Å². The molecule has 0 unspecified atom stereocenters. The topological polar surface area (TPSA) is 52.1 Å². The Morgan fingerprint density at radius 1 is 1.06 bits per heavy atom. The predicted octanol–water partition coefficient (Wildman–Crippen LogP) is 1.35.